The fourth-order valence-corrected chi connectivity index (χ4v) is 3.90. The third-order valence-electron chi connectivity index (χ3n) is 5.24. The van der Waals surface area contributed by atoms with Gasteiger partial charge in [0, 0.05) is 34.2 Å². The van der Waals surface area contributed by atoms with E-state index in [-0.39, 0.29) is 5.91 Å². The first-order valence-electron chi connectivity index (χ1n) is 9.28. The molecule has 0 saturated carbocycles. The summed E-state index contributed by atoms with van der Waals surface area (Å²) in [5.41, 5.74) is 8.77. The lowest BCUT2D eigenvalue weighted by Crippen LogP contribution is -2.03. The molecule has 2 N–H and O–H groups in total. The van der Waals surface area contributed by atoms with Crippen LogP contribution in [0.5, 0.6) is 0 Å². The van der Waals surface area contributed by atoms with Crippen LogP contribution in [-0.4, -0.2) is 15.9 Å². The second-order valence-electron chi connectivity index (χ2n) is 7.20. The van der Waals surface area contributed by atoms with Crippen LogP contribution in [0.25, 0.3) is 33.7 Å². The first-order valence-corrected chi connectivity index (χ1v) is 9.28. The van der Waals surface area contributed by atoms with E-state index in [1.807, 2.05) is 50.3 Å². The Kier molecular flexibility index (Phi) is 3.66. The van der Waals surface area contributed by atoms with Gasteiger partial charge < -0.3 is 10.3 Å². The molecule has 0 saturated heterocycles. The molecule has 3 heterocycles. The number of carbonyl (C=O) groups is 1. The second kappa shape index (κ2) is 6.20. The highest BCUT2D eigenvalue weighted by Crippen LogP contribution is 2.38. The summed E-state index contributed by atoms with van der Waals surface area (Å²) in [4.78, 5) is 20.4. The molecule has 5 rings (SSSR count). The van der Waals surface area contributed by atoms with Crippen molar-refractivity contribution >= 4 is 34.1 Å². The molecule has 4 nitrogen and oxygen atoms in total. The average molecular weight is 365 g/mol. The molecule has 0 spiro atoms. The largest absolute Gasteiger partial charge is 0.359 e. The van der Waals surface area contributed by atoms with Gasteiger partial charge in [-0.3, -0.25) is 9.78 Å². The van der Waals surface area contributed by atoms with Gasteiger partial charge in [-0.15, -0.1) is 0 Å². The van der Waals surface area contributed by atoms with Gasteiger partial charge in [0.15, 0.2) is 0 Å². The summed E-state index contributed by atoms with van der Waals surface area (Å²) < 4.78 is 0. The summed E-state index contributed by atoms with van der Waals surface area (Å²) in [6, 6.07) is 18.4. The number of hydrogen-bond donors (Lipinski definition) is 2. The minimum atomic E-state index is -0.0709. The molecule has 0 fully saturated rings. The fraction of sp³-hybridized carbons (Fsp3) is 0.0833. The minimum Gasteiger partial charge on any atom is -0.359 e. The van der Waals surface area contributed by atoms with Crippen molar-refractivity contribution in [2.75, 3.05) is 5.32 Å². The quantitative estimate of drug-likeness (QED) is 0.471. The van der Waals surface area contributed by atoms with Gasteiger partial charge in [0.05, 0.1) is 11.1 Å². The molecule has 136 valence electrons. The molecule has 1 aliphatic rings. The Morgan fingerprint density at radius 1 is 0.964 bits per heavy atom. The molecule has 0 radical (unpaired) electrons. The predicted octanol–water partition coefficient (Wildman–Crippen LogP) is 5.34. The van der Waals surface area contributed by atoms with Gasteiger partial charge in [-0.05, 0) is 66.9 Å². The summed E-state index contributed by atoms with van der Waals surface area (Å²) >= 11 is 0. The smallest absolute Gasteiger partial charge is 0.256 e. The number of H-pyrrole nitrogens is 1. The number of pyridine rings is 1. The lowest BCUT2D eigenvalue weighted by Gasteiger charge is -2.08. The van der Waals surface area contributed by atoms with Gasteiger partial charge in [0.25, 0.3) is 5.91 Å². The number of nitrogens with one attached hydrogen (secondary N) is 2. The van der Waals surface area contributed by atoms with Gasteiger partial charge in [-0.1, -0.05) is 24.3 Å². The van der Waals surface area contributed by atoms with Crippen molar-refractivity contribution in [1.29, 1.82) is 0 Å². The number of anilines is 1. The summed E-state index contributed by atoms with van der Waals surface area (Å²) in [5, 5.41) is 4.08. The topological polar surface area (TPSA) is 57.8 Å². The Balaban J connectivity index is 1.67. The standard InChI is InChI=1S/C24H19N3O/c1-14-11-15(2)26-23(14)13-20-19-12-16(8-9-22(19)27-24(20)28)17-5-3-7-21-18(17)6-4-10-25-21/h3-13,26H,1-2H3,(H,27,28)/b20-13-. The number of rotatable bonds is 2. The molecule has 1 amide bonds. The lowest BCUT2D eigenvalue weighted by molar-refractivity contribution is -0.110. The van der Waals surface area contributed by atoms with Gasteiger partial charge in [-0.25, -0.2) is 0 Å². The van der Waals surface area contributed by atoms with Crippen LogP contribution in [-0.2, 0) is 4.79 Å². The first kappa shape index (κ1) is 16.5. The van der Waals surface area contributed by atoms with Crippen molar-refractivity contribution in [1.82, 2.24) is 9.97 Å². The third-order valence-corrected chi connectivity index (χ3v) is 5.24. The zero-order chi connectivity index (χ0) is 19.3. The van der Waals surface area contributed by atoms with Gasteiger partial charge in [0.1, 0.15) is 0 Å². The zero-order valence-electron chi connectivity index (χ0n) is 15.7. The predicted molar refractivity (Wildman–Crippen MR) is 114 cm³/mol. The molecular formula is C24H19N3O. The Bertz CT molecular complexity index is 1280. The first-order chi connectivity index (χ1) is 13.6. The molecule has 4 aromatic rings. The van der Waals surface area contributed by atoms with Crippen LogP contribution >= 0.6 is 0 Å². The van der Waals surface area contributed by atoms with Crippen molar-refractivity contribution in [2.45, 2.75) is 13.8 Å². The lowest BCUT2D eigenvalue weighted by atomic mass is 9.96. The normalized spacial score (nSPS) is 14.5. The van der Waals surface area contributed by atoms with E-state index >= 15 is 0 Å². The molecule has 0 atom stereocenters. The summed E-state index contributed by atoms with van der Waals surface area (Å²) in [6.45, 7) is 4.06. The molecule has 1 aliphatic heterocycles. The summed E-state index contributed by atoms with van der Waals surface area (Å²) in [5.74, 6) is -0.0709. The van der Waals surface area contributed by atoms with E-state index in [9.17, 15) is 4.79 Å². The number of aromatic nitrogens is 2. The zero-order valence-corrected chi connectivity index (χ0v) is 15.7. The molecular weight excluding hydrogens is 346 g/mol. The number of aryl methyl sites for hydroxylation is 2. The van der Waals surface area contributed by atoms with Gasteiger partial charge in [0.2, 0.25) is 0 Å². The van der Waals surface area contributed by atoms with Crippen LogP contribution in [0.15, 0.2) is 60.8 Å². The van der Waals surface area contributed by atoms with E-state index in [0.717, 1.165) is 50.2 Å². The van der Waals surface area contributed by atoms with Crippen LogP contribution < -0.4 is 5.32 Å². The molecule has 2 aromatic heterocycles. The van der Waals surface area contributed by atoms with E-state index in [1.165, 1.54) is 0 Å². The highest BCUT2D eigenvalue weighted by molar-refractivity contribution is 6.35. The van der Waals surface area contributed by atoms with Gasteiger partial charge in [-0.2, -0.15) is 0 Å². The minimum absolute atomic E-state index is 0.0709. The van der Waals surface area contributed by atoms with Crippen molar-refractivity contribution in [3.63, 3.8) is 0 Å². The summed E-state index contributed by atoms with van der Waals surface area (Å²) in [7, 11) is 0. The molecule has 0 unspecified atom stereocenters. The van der Waals surface area contributed by atoms with Crippen molar-refractivity contribution < 1.29 is 4.79 Å². The fourth-order valence-electron chi connectivity index (χ4n) is 3.90. The Morgan fingerprint density at radius 3 is 2.68 bits per heavy atom. The van der Waals surface area contributed by atoms with Crippen LogP contribution in [0.3, 0.4) is 0 Å². The maximum atomic E-state index is 12.6. The maximum absolute atomic E-state index is 12.6. The Hall–Kier alpha value is -3.66. The Morgan fingerprint density at radius 2 is 1.86 bits per heavy atom. The van der Waals surface area contributed by atoms with Crippen LogP contribution in [0.2, 0.25) is 0 Å². The summed E-state index contributed by atoms with van der Waals surface area (Å²) in [6.07, 6.45) is 3.75. The van der Waals surface area contributed by atoms with E-state index in [2.05, 4.69) is 39.6 Å². The van der Waals surface area contributed by atoms with Crippen LogP contribution in [0.4, 0.5) is 5.69 Å². The number of benzene rings is 2. The van der Waals surface area contributed by atoms with Crippen molar-refractivity contribution in [2.24, 2.45) is 0 Å². The number of fused-ring (bicyclic) bond motifs is 2. The third kappa shape index (κ3) is 2.62. The molecule has 0 aliphatic carbocycles. The van der Waals surface area contributed by atoms with E-state index in [1.54, 1.807) is 6.20 Å². The highest BCUT2D eigenvalue weighted by atomic mass is 16.2. The van der Waals surface area contributed by atoms with E-state index < -0.39 is 0 Å². The SMILES string of the molecule is Cc1cc(C)c(/C=C2\C(=O)Nc3ccc(-c4cccc5ncccc45)cc32)[nH]1. The van der Waals surface area contributed by atoms with E-state index in [4.69, 9.17) is 0 Å². The highest BCUT2D eigenvalue weighted by Gasteiger charge is 2.25. The number of carbonyl (C=O) groups excluding carboxylic acids is 1. The molecule has 2 aromatic carbocycles. The number of hydrogen-bond acceptors (Lipinski definition) is 2. The molecule has 4 heteroatoms. The maximum Gasteiger partial charge on any atom is 0.256 e. The number of aromatic amines is 1. The monoisotopic (exact) mass is 365 g/mol. The number of nitrogens with zero attached hydrogens (tertiary/aromatic N) is 1. The van der Waals surface area contributed by atoms with Crippen LogP contribution in [0.1, 0.15) is 22.5 Å². The van der Waals surface area contributed by atoms with Crippen LogP contribution in [0, 0.1) is 13.8 Å². The molecule has 0 bridgehead atoms. The Labute approximate surface area is 162 Å². The molecule has 28 heavy (non-hydrogen) atoms. The van der Waals surface area contributed by atoms with E-state index in [0.29, 0.717) is 5.57 Å². The van der Waals surface area contributed by atoms with Gasteiger partial charge >= 0.3 is 0 Å². The number of amides is 1. The van der Waals surface area contributed by atoms with Crippen molar-refractivity contribution in [3.05, 3.63) is 83.3 Å². The second-order valence-corrected chi connectivity index (χ2v) is 7.20. The van der Waals surface area contributed by atoms with Crippen molar-refractivity contribution in [3.8, 4) is 11.1 Å². The average Bonchev–Trinajstić information content (AvgIpc) is 3.19.